The first-order chi connectivity index (χ1) is 9.70. The zero-order valence-corrected chi connectivity index (χ0v) is 13.8. The van der Waals surface area contributed by atoms with Gasteiger partial charge in [0, 0.05) is 26.3 Å². The number of aryl methyl sites for hydroxylation is 1. The number of nitrogens with zero attached hydrogens (tertiary/aromatic N) is 2. The van der Waals surface area contributed by atoms with Crippen LogP contribution in [-0.4, -0.2) is 50.7 Å². The molecule has 0 aliphatic carbocycles. The molecule has 1 rings (SSSR count). The van der Waals surface area contributed by atoms with E-state index in [1.54, 1.807) is 33.2 Å². The second-order valence-corrected chi connectivity index (χ2v) is 7.06. The number of carbonyl (C=O) groups is 1. The Balaban J connectivity index is 3.21. The number of hydrogen-bond donors (Lipinski definition) is 1. The number of carbonyl (C=O) groups excluding carboxylic acids is 1. The molecule has 0 aliphatic rings. The van der Waals surface area contributed by atoms with Gasteiger partial charge in [0.25, 0.3) is 0 Å². The molecule has 1 aromatic rings. The highest BCUT2D eigenvalue weighted by Crippen LogP contribution is 2.22. The van der Waals surface area contributed by atoms with Crippen LogP contribution in [0.4, 0.5) is 5.69 Å². The third kappa shape index (κ3) is 4.18. The first-order valence-corrected chi connectivity index (χ1v) is 8.20. The van der Waals surface area contributed by atoms with Crippen molar-refractivity contribution in [2.75, 3.05) is 32.9 Å². The minimum Gasteiger partial charge on any atom is -0.399 e. The van der Waals surface area contributed by atoms with Crippen molar-refractivity contribution < 1.29 is 13.2 Å². The molecule has 21 heavy (non-hydrogen) atoms. The molecule has 0 bridgehead atoms. The summed E-state index contributed by atoms with van der Waals surface area (Å²) in [5, 5.41) is 0. The van der Waals surface area contributed by atoms with E-state index in [1.165, 1.54) is 15.3 Å². The smallest absolute Gasteiger partial charge is 0.243 e. The van der Waals surface area contributed by atoms with Crippen molar-refractivity contribution in [2.45, 2.75) is 25.2 Å². The molecule has 0 aromatic heterocycles. The van der Waals surface area contributed by atoms with Gasteiger partial charge in [0.05, 0.1) is 11.4 Å². The fourth-order valence-corrected chi connectivity index (χ4v) is 3.60. The molecular weight excluding hydrogens is 290 g/mol. The predicted molar refractivity (Wildman–Crippen MR) is 83.3 cm³/mol. The van der Waals surface area contributed by atoms with E-state index in [4.69, 9.17) is 5.73 Å². The molecule has 0 atom stereocenters. The Morgan fingerprint density at radius 1 is 1.29 bits per heavy atom. The third-order valence-electron chi connectivity index (χ3n) is 3.11. The Kier molecular flexibility index (Phi) is 5.74. The van der Waals surface area contributed by atoms with Gasteiger partial charge in [0.15, 0.2) is 0 Å². The first kappa shape index (κ1) is 17.5. The molecular formula is C14H23N3O3S. The average molecular weight is 313 g/mol. The Morgan fingerprint density at radius 2 is 1.90 bits per heavy atom. The lowest BCUT2D eigenvalue weighted by Crippen LogP contribution is -2.40. The van der Waals surface area contributed by atoms with Crippen LogP contribution in [0.2, 0.25) is 0 Å². The number of amides is 1. The van der Waals surface area contributed by atoms with E-state index in [0.29, 0.717) is 17.7 Å². The summed E-state index contributed by atoms with van der Waals surface area (Å²) < 4.78 is 26.7. The van der Waals surface area contributed by atoms with Gasteiger partial charge in [-0.25, -0.2) is 8.42 Å². The van der Waals surface area contributed by atoms with E-state index < -0.39 is 10.0 Å². The average Bonchev–Trinajstić information content (AvgIpc) is 2.40. The molecule has 0 spiro atoms. The van der Waals surface area contributed by atoms with E-state index in [9.17, 15) is 13.2 Å². The molecule has 0 aliphatic heterocycles. The lowest BCUT2D eigenvalue weighted by atomic mass is 10.2. The fourth-order valence-electron chi connectivity index (χ4n) is 1.86. The molecule has 1 amide bonds. The molecule has 0 saturated heterocycles. The molecule has 0 fully saturated rings. The molecule has 0 heterocycles. The number of benzene rings is 1. The van der Waals surface area contributed by atoms with Gasteiger partial charge in [-0.2, -0.15) is 4.31 Å². The zero-order valence-electron chi connectivity index (χ0n) is 13.0. The van der Waals surface area contributed by atoms with Gasteiger partial charge < -0.3 is 10.6 Å². The fraction of sp³-hybridized carbons (Fsp3) is 0.500. The molecule has 0 saturated carbocycles. The number of nitrogens with two attached hydrogens (primary N) is 1. The summed E-state index contributed by atoms with van der Waals surface area (Å²) >= 11 is 0. The number of nitrogen functional groups attached to an aromatic ring is 1. The van der Waals surface area contributed by atoms with Crippen molar-refractivity contribution >= 4 is 21.6 Å². The molecule has 1 aromatic carbocycles. The maximum atomic E-state index is 12.8. The van der Waals surface area contributed by atoms with Crippen molar-refractivity contribution in [1.29, 1.82) is 0 Å². The molecule has 2 N–H and O–H groups in total. The predicted octanol–water partition coefficient (Wildman–Crippen LogP) is 1.07. The Bertz CT molecular complexity index is 612. The Hall–Kier alpha value is -1.60. The lowest BCUT2D eigenvalue weighted by molar-refractivity contribution is -0.128. The van der Waals surface area contributed by atoms with E-state index in [1.807, 2.05) is 6.92 Å². The molecule has 118 valence electrons. The summed E-state index contributed by atoms with van der Waals surface area (Å²) in [7, 11) is -0.535. The van der Waals surface area contributed by atoms with Gasteiger partial charge in [-0.1, -0.05) is 13.0 Å². The summed E-state index contributed by atoms with van der Waals surface area (Å²) in [5.74, 6) is -0.256. The summed E-state index contributed by atoms with van der Waals surface area (Å²) in [6, 6.07) is 4.76. The molecule has 6 nitrogen and oxygen atoms in total. The van der Waals surface area contributed by atoms with Crippen LogP contribution in [0.25, 0.3) is 0 Å². The normalized spacial score (nSPS) is 11.7. The number of sulfonamides is 1. The Morgan fingerprint density at radius 3 is 2.43 bits per heavy atom. The molecule has 7 heteroatoms. The van der Waals surface area contributed by atoms with Crippen LogP contribution >= 0.6 is 0 Å². The quantitative estimate of drug-likeness (QED) is 0.796. The summed E-state index contributed by atoms with van der Waals surface area (Å²) in [5.41, 5.74) is 6.69. The first-order valence-electron chi connectivity index (χ1n) is 6.76. The summed E-state index contributed by atoms with van der Waals surface area (Å²) in [6.45, 7) is 3.70. The minimum absolute atomic E-state index is 0.155. The molecule has 0 radical (unpaired) electrons. The van der Waals surface area contributed by atoms with E-state index in [0.717, 1.165) is 0 Å². The standard InChI is InChI=1S/C14H23N3O3S/c1-5-8-17(10-14(18)16(3)4)21(19,20)13-9-12(15)7-6-11(13)2/h6-7,9H,5,8,10,15H2,1-4H3. The second kappa shape index (κ2) is 6.91. The SMILES string of the molecule is CCCN(CC(=O)N(C)C)S(=O)(=O)c1cc(N)ccc1C. The van der Waals surface area contributed by atoms with Crippen molar-refractivity contribution in [2.24, 2.45) is 0 Å². The number of anilines is 1. The van der Waals surface area contributed by atoms with Crippen molar-refractivity contribution in [1.82, 2.24) is 9.21 Å². The number of likely N-dealkylation sites (N-methyl/N-ethyl adjacent to an activating group) is 1. The highest BCUT2D eigenvalue weighted by Gasteiger charge is 2.28. The van der Waals surface area contributed by atoms with E-state index >= 15 is 0 Å². The lowest BCUT2D eigenvalue weighted by Gasteiger charge is -2.23. The van der Waals surface area contributed by atoms with Crippen LogP contribution in [0.5, 0.6) is 0 Å². The van der Waals surface area contributed by atoms with Gasteiger partial charge in [0.1, 0.15) is 0 Å². The summed E-state index contributed by atoms with van der Waals surface area (Å²) in [6.07, 6.45) is 0.626. The summed E-state index contributed by atoms with van der Waals surface area (Å²) in [4.78, 5) is 13.4. The highest BCUT2D eigenvalue weighted by atomic mass is 32.2. The van der Waals surface area contributed by atoms with Crippen molar-refractivity contribution in [3.05, 3.63) is 23.8 Å². The topological polar surface area (TPSA) is 83.7 Å². The number of rotatable bonds is 6. The van der Waals surface area contributed by atoms with Gasteiger partial charge in [0.2, 0.25) is 15.9 Å². The van der Waals surface area contributed by atoms with Crippen LogP contribution in [0.1, 0.15) is 18.9 Å². The number of hydrogen-bond acceptors (Lipinski definition) is 4. The van der Waals surface area contributed by atoms with Gasteiger partial charge in [-0.05, 0) is 31.0 Å². The minimum atomic E-state index is -3.74. The largest absolute Gasteiger partial charge is 0.399 e. The Labute approximate surface area is 126 Å². The zero-order chi connectivity index (χ0) is 16.2. The van der Waals surface area contributed by atoms with Crippen LogP contribution in [0.3, 0.4) is 0 Å². The van der Waals surface area contributed by atoms with Crippen LogP contribution in [-0.2, 0) is 14.8 Å². The van der Waals surface area contributed by atoms with Crippen LogP contribution < -0.4 is 5.73 Å². The third-order valence-corrected chi connectivity index (χ3v) is 5.10. The monoisotopic (exact) mass is 313 g/mol. The van der Waals surface area contributed by atoms with Gasteiger partial charge in [-0.3, -0.25) is 4.79 Å². The van der Waals surface area contributed by atoms with Crippen molar-refractivity contribution in [3.8, 4) is 0 Å². The maximum absolute atomic E-state index is 12.8. The highest BCUT2D eigenvalue weighted by molar-refractivity contribution is 7.89. The maximum Gasteiger partial charge on any atom is 0.243 e. The second-order valence-electron chi connectivity index (χ2n) is 5.15. The van der Waals surface area contributed by atoms with Gasteiger partial charge >= 0.3 is 0 Å². The molecule has 0 unspecified atom stereocenters. The van der Waals surface area contributed by atoms with Crippen LogP contribution in [0.15, 0.2) is 23.1 Å². The van der Waals surface area contributed by atoms with Crippen LogP contribution in [0, 0.1) is 6.92 Å². The van der Waals surface area contributed by atoms with E-state index in [2.05, 4.69) is 0 Å². The van der Waals surface area contributed by atoms with Crippen molar-refractivity contribution in [3.63, 3.8) is 0 Å². The van der Waals surface area contributed by atoms with Gasteiger partial charge in [-0.15, -0.1) is 0 Å². The van der Waals surface area contributed by atoms with E-state index in [-0.39, 0.29) is 23.9 Å².